The summed E-state index contributed by atoms with van der Waals surface area (Å²) >= 11 is 0. The third-order valence-corrected chi connectivity index (χ3v) is 11.6. The first-order chi connectivity index (χ1) is 36.6. The van der Waals surface area contributed by atoms with E-state index in [0.717, 1.165) is 128 Å². The molecular formula is C66H105NO8. The molecule has 0 aliphatic heterocycles. The van der Waals surface area contributed by atoms with Gasteiger partial charge in [0.2, 0.25) is 0 Å². The maximum atomic E-state index is 12.8. The highest BCUT2D eigenvalue weighted by molar-refractivity contribution is 5.70. The number of quaternary nitrogens is 1. The van der Waals surface area contributed by atoms with E-state index in [2.05, 4.69) is 160 Å². The third-order valence-electron chi connectivity index (χ3n) is 11.6. The molecule has 0 radical (unpaired) electrons. The average Bonchev–Trinajstić information content (AvgIpc) is 3.38. The topological polar surface area (TPSA) is 111 Å². The largest absolute Gasteiger partial charge is 0.545 e. The Bertz CT molecular complexity index is 1730. The van der Waals surface area contributed by atoms with E-state index >= 15 is 0 Å². The number of unbranched alkanes of at least 4 members (excludes halogenated alkanes) is 12. The molecule has 75 heavy (non-hydrogen) atoms. The number of carboxylic acids is 1. The number of likely N-dealkylation sites (N-methyl/N-ethyl adjacent to an activating group) is 1. The molecule has 2 atom stereocenters. The molecule has 2 unspecified atom stereocenters. The van der Waals surface area contributed by atoms with Gasteiger partial charge < -0.3 is 33.3 Å². The van der Waals surface area contributed by atoms with Gasteiger partial charge in [0.25, 0.3) is 0 Å². The number of aliphatic carboxylic acids is 1. The van der Waals surface area contributed by atoms with Crippen LogP contribution in [0.2, 0.25) is 0 Å². The van der Waals surface area contributed by atoms with Crippen molar-refractivity contribution < 1.29 is 42.9 Å². The lowest BCUT2D eigenvalue weighted by Crippen LogP contribution is -2.44. The highest BCUT2D eigenvalue weighted by Crippen LogP contribution is 2.12. The number of hydrogen-bond donors (Lipinski definition) is 0. The summed E-state index contributed by atoms with van der Waals surface area (Å²) in [6, 6.07) is 0. The van der Waals surface area contributed by atoms with E-state index < -0.39 is 24.3 Å². The van der Waals surface area contributed by atoms with E-state index in [1.807, 2.05) is 21.1 Å². The quantitative estimate of drug-likeness (QED) is 0.0195. The van der Waals surface area contributed by atoms with Crippen LogP contribution in [0.15, 0.2) is 146 Å². The van der Waals surface area contributed by atoms with Crippen LogP contribution >= 0.6 is 0 Å². The van der Waals surface area contributed by atoms with Gasteiger partial charge in [-0.25, -0.2) is 0 Å². The summed E-state index contributed by atoms with van der Waals surface area (Å²) in [4.78, 5) is 37.2. The number of ether oxygens (including phenoxy) is 4. The maximum Gasteiger partial charge on any atom is 0.306 e. The van der Waals surface area contributed by atoms with E-state index in [9.17, 15) is 19.5 Å². The zero-order valence-electron chi connectivity index (χ0n) is 47.9. The Morgan fingerprint density at radius 3 is 1.16 bits per heavy atom. The minimum absolute atomic E-state index is 0.132. The molecule has 0 rings (SSSR count). The lowest BCUT2D eigenvalue weighted by molar-refractivity contribution is -0.870. The molecule has 0 aromatic heterocycles. The van der Waals surface area contributed by atoms with E-state index in [1.54, 1.807) is 0 Å². The first-order valence-corrected chi connectivity index (χ1v) is 29.0. The van der Waals surface area contributed by atoms with Gasteiger partial charge in [0.1, 0.15) is 13.2 Å². The number of esters is 2. The minimum atomic E-state index is -1.64. The number of nitrogens with zero attached hydrogens (tertiary/aromatic N) is 1. The fraction of sp³-hybridized carbons (Fsp3) is 0.591. The van der Waals surface area contributed by atoms with Crippen molar-refractivity contribution in [3.8, 4) is 0 Å². The lowest BCUT2D eigenvalue weighted by Gasteiger charge is -2.26. The molecule has 0 bridgehead atoms. The van der Waals surface area contributed by atoms with Crippen LogP contribution in [0.5, 0.6) is 0 Å². The number of carbonyl (C=O) groups excluding carboxylic acids is 3. The average molecular weight is 1040 g/mol. The Labute approximate surface area is 458 Å². The lowest BCUT2D eigenvalue weighted by atomic mass is 10.1. The standard InChI is InChI=1S/C66H105NO8/c1-6-8-10-12-14-16-18-20-21-22-23-24-25-26-27-28-29-30-31-32-33-34-35-36-37-38-39-40-41-42-43-45-47-49-51-53-55-57-64(69)75-62(61-74-66(65(70)71)72-59-58-67(3,4)5)60-73-63(68)56-54-52-50-48-46-44-19-17-15-13-11-9-7-2/h8,10,14,16-17,19-21,23-24,26-27,29-30,32-33,35-36,38-39,41-42,45,47,62,66H,6-7,9,11-13,15,18,22,25,28,31,34,37,40,43-44,46,48-61H2,1-5H3/b10-8-,16-14-,19-17-,21-20-,24-23-,27-26-,30-29-,33-32-,36-35-,39-38-,42-41-,47-45-. The predicted octanol–water partition coefficient (Wildman–Crippen LogP) is 15.9. The van der Waals surface area contributed by atoms with Gasteiger partial charge in [-0.1, -0.05) is 205 Å². The molecule has 0 aliphatic carbocycles. The van der Waals surface area contributed by atoms with E-state index in [4.69, 9.17) is 18.9 Å². The van der Waals surface area contributed by atoms with E-state index in [-0.39, 0.29) is 38.6 Å². The van der Waals surface area contributed by atoms with Gasteiger partial charge in [-0.15, -0.1) is 0 Å². The molecule has 0 saturated heterocycles. The second kappa shape index (κ2) is 55.4. The van der Waals surface area contributed by atoms with Gasteiger partial charge >= 0.3 is 11.9 Å². The van der Waals surface area contributed by atoms with Crippen molar-refractivity contribution in [2.75, 3.05) is 47.5 Å². The van der Waals surface area contributed by atoms with Crippen LogP contribution in [0.4, 0.5) is 0 Å². The van der Waals surface area contributed by atoms with Crippen molar-refractivity contribution in [3.05, 3.63) is 146 Å². The highest BCUT2D eigenvalue weighted by Gasteiger charge is 2.22. The molecule has 0 spiro atoms. The van der Waals surface area contributed by atoms with Crippen LogP contribution < -0.4 is 5.11 Å². The second-order valence-electron chi connectivity index (χ2n) is 19.8. The van der Waals surface area contributed by atoms with Gasteiger partial charge in [0.05, 0.1) is 40.3 Å². The van der Waals surface area contributed by atoms with Crippen molar-refractivity contribution in [2.45, 2.75) is 206 Å². The predicted molar refractivity (Wildman–Crippen MR) is 315 cm³/mol. The SMILES string of the molecule is CC/C=C\C/C=C\C/C=C\C/C=C\C/C=C\C/C=C\C/C=C\C/C=C\C/C=C\C/C=C\C/C=C\CCCCCC(=O)OC(COC(=O)CCCCCCC/C=C\CCCCCC)COC(OCC[N+](C)(C)C)C(=O)[O-]. The molecule has 0 aromatic rings. The molecular weight excluding hydrogens is 935 g/mol. The first kappa shape index (κ1) is 70.2. The summed E-state index contributed by atoms with van der Waals surface area (Å²) in [6.45, 7) is 4.53. The van der Waals surface area contributed by atoms with Crippen LogP contribution in [-0.4, -0.2) is 82.3 Å². The Morgan fingerprint density at radius 1 is 0.413 bits per heavy atom. The fourth-order valence-corrected chi connectivity index (χ4v) is 7.12. The molecule has 0 saturated carbocycles. The Kier molecular flexibility index (Phi) is 51.8. The molecule has 0 fully saturated rings. The fourth-order valence-electron chi connectivity index (χ4n) is 7.12. The molecule has 0 aliphatic rings. The van der Waals surface area contributed by atoms with Crippen molar-refractivity contribution >= 4 is 17.9 Å². The van der Waals surface area contributed by atoms with Crippen LogP contribution in [-0.2, 0) is 33.3 Å². The van der Waals surface area contributed by atoms with Gasteiger partial charge in [-0.3, -0.25) is 9.59 Å². The number of carbonyl (C=O) groups is 3. The molecule has 422 valence electrons. The molecule has 0 aromatic carbocycles. The van der Waals surface area contributed by atoms with Crippen LogP contribution in [0, 0.1) is 0 Å². The van der Waals surface area contributed by atoms with Crippen molar-refractivity contribution in [1.29, 1.82) is 0 Å². The van der Waals surface area contributed by atoms with E-state index in [0.29, 0.717) is 17.4 Å². The molecule has 0 N–H and O–H groups in total. The van der Waals surface area contributed by atoms with Gasteiger partial charge in [-0.2, -0.15) is 0 Å². The van der Waals surface area contributed by atoms with Gasteiger partial charge in [0.15, 0.2) is 12.4 Å². The number of allylic oxidation sites excluding steroid dienone is 24. The van der Waals surface area contributed by atoms with Gasteiger partial charge in [-0.05, 0) is 122 Å². The zero-order chi connectivity index (χ0) is 54.8. The number of hydrogen-bond acceptors (Lipinski definition) is 8. The monoisotopic (exact) mass is 1040 g/mol. The molecule has 0 amide bonds. The Balaban J connectivity index is 4.30. The molecule has 0 heterocycles. The highest BCUT2D eigenvalue weighted by atomic mass is 16.7. The first-order valence-electron chi connectivity index (χ1n) is 29.0. The maximum absolute atomic E-state index is 12.8. The number of carboxylic acid groups (broad SMARTS) is 1. The molecule has 9 heteroatoms. The summed E-state index contributed by atoms with van der Waals surface area (Å²) in [5, 5.41) is 11.7. The summed E-state index contributed by atoms with van der Waals surface area (Å²) in [7, 11) is 5.89. The Hall–Kier alpha value is -4.83. The zero-order valence-corrected chi connectivity index (χ0v) is 47.9. The van der Waals surface area contributed by atoms with Gasteiger partial charge in [0, 0.05) is 12.8 Å². The van der Waals surface area contributed by atoms with Crippen molar-refractivity contribution in [1.82, 2.24) is 0 Å². The third kappa shape index (κ3) is 56.7. The number of rotatable bonds is 51. The van der Waals surface area contributed by atoms with Crippen LogP contribution in [0.3, 0.4) is 0 Å². The second-order valence-corrected chi connectivity index (χ2v) is 19.8. The Morgan fingerprint density at radius 2 is 0.760 bits per heavy atom. The van der Waals surface area contributed by atoms with Crippen molar-refractivity contribution in [3.63, 3.8) is 0 Å². The minimum Gasteiger partial charge on any atom is -0.545 e. The van der Waals surface area contributed by atoms with Crippen LogP contribution in [0.25, 0.3) is 0 Å². The summed E-state index contributed by atoms with van der Waals surface area (Å²) < 4.78 is 22.6. The summed E-state index contributed by atoms with van der Waals surface area (Å²) in [5.74, 6) is -2.36. The normalized spacial score (nSPS) is 13.9. The van der Waals surface area contributed by atoms with Crippen LogP contribution in [0.1, 0.15) is 194 Å². The summed E-state index contributed by atoms with van der Waals surface area (Å²) in [6.07, 6.45) is 77.6. The molecule has 9 nitrogen and oxygen atoms in total. The summed E-state index contributed by atoms with van der Waals surface area (Å²) in [5.41, 5.74) is 0. The van der Waals surface area contributed by atoms with Crippen molar-refractivity contribution in [2.24, 2.45) is 0 Å². The van der Waals surface area contributed by atoms with E-state index in [1.165, 1.54) is 32.1 Å². The smallest absolute Gasteiger partial charge is 0.306 e.